The molecule has 0 aromatic carbocycles. The molecule has 0 saturated heterocycles. The molecule has 1 aromatic heterocycles. The van der Waals surface area contributed by atoms with Crippen LogP contribution in [0.4, 0.5) is 0 Å². The lowest BCUT2D eigenvalue weighted by atomic mass is 9.94. The Kier molecular flexibility index (Phi) is 5.91. The highest BCUT2D eigenvalue weighted by atomic mass is 32.1. The van der Waals surface area contributed by atoms with E-state index in [4.69, 9.17) is 4.74 Å². The minimum absolute atomic E-state index is 0.469. The summed E-state index contributed by atoms with van der Waals surface area (Å²) < 4.78 is 5.13. The van der Waals surface area contributed by atoms with Gasteiger partial charge in [0.25, 0.3) is 0 Å². The van der Waals surface area contributed by atoms with Crippen LogP contribution in [0.15, 0.2) is 16.8 Å². The molecule has 2 unspecified atom stereocenters. The van der Waals surface area contributed by atoms with E-state index < -0.39 is 0 Å². The molecule has 0 spiro atoms. The molecule has 1 heterocycles. The zero-order chi connectivity index (χ0) is 11.1. The molecule has 0 fully saturated rings. The van der Waals surface area contributed by atoms with Gasteiger partial charge in [0, 0.05) is 19.8 Å². The highest BCUT2D eigenvalue weighted by Gasteiger charge is 2.18. The second-order valence-corrected chi connectivity index (χ2v) is 4.63. The van der Waals surface area contributed by atoms with Gasteiger partial charge in [0.15, 0.2) is 0 Å². The van der Waals surface area contributed by atoms with Gasteiger partial charge < -0.3 is 10.1 Å². The molecular formula is C12H21NOS. The molecule has 0 aliphatic rings. The van der Waals surface area contributed by atoms with E-state index in [9.17, 15) is 0 Å². The van der Waals surface area contributed by atoms with E-state index in [1.165, 1.54) is 5.56 Å². The predicted octanol–water partition coefficient (Wildman–Crippen LogP) is 3.07. The normalized spacial score (nSPS) is 15.1. The Bertz CT molecular complexity index is 248. The lowest BCUT2D eigenvalue weighted by molar-refractivity contribution is 0.170. The lowest BCUT2D eigenvalue weighted by Crippen LogP contribution is -2.27. The molecule has 86 valence electrons. The highest BCUT2D eigenvalue weighted by Crippen LogP contribution is 2.26. The molecule has 0 aliphatic heterocycles. The zero-order valence-corrected chi connectivity index (χ0v) is 10.6. The van der Waals surface area contributed by atoms with Crippen LogP contribution < -0.4 is 5.32 Å². The van der Waals surface area contributed by atoms with E-state index in [1.807, 2.05) is 0 Å². The molecule has 1 rings (SSSR count). The van der Waals surface area contributed by atoms with Crippen molar-refractivity contribution in [3.63, 3.8) is 0 Å². The summed E-state index contributed by atoms with van der Waals surface area (Å²) in [5, 5.41) is 7.92. The molecule has 0 aliphatic carbocycles. The van der Waals surface area contributed by atoms with Crippen LogP contribution in [0.2, 0.25) is 0 Å². The van der Waals surface area contributed by atoms with Gasteiger partial charge in [-0.2, -0.15) is 11.3 Å². The fraction of sp³-hybridized carbons (Fsp3) is 0.667. The van der Waals surface area contributed by atoms with Crippen molar-refractivity contribution in [1.29, 1.82) is 0 Å². The Hall–Kier alpha value is -0.380. The third-order valence-corrected chi connectivity index (χ3v) is 3.37. The standard InChI is InChI=1S/C12H21NOS/c1-4-13-12(10(2)5-7-14-3)11-6-8-15-9-11/h6,8-10,12-13H,4-5,7H2,1-3H3. The van der Waals surface area contributed by atoms with Crippen molar-refractivity contribution in [2.75, 3.05) is 20.3 Å². The average Bonchev–Trinajstić information content (AvgIpc) is 2.75. The van der Waals surface area contributed by atoms with Gasteiger partial charge >= 0.3 is 0 Å². The number of ether oxygens (including phenoxy) is 1. The van der Waals surface area contributed by atoms with Gasteiger partial charge in [-0.25, -0.2) is 0 Å². The van der Waals surface area contributed by atoms with E-state index in [-0.39, 0.29) is 0 Å². The molecule has 1 aromatic rings. The zero-order valence-electron chi connectivity index (χ0n) is 9.82. The van der Waals surface area contributed by atoms with Crippen molar-refractivity contribution in [3.05, 3.63) is 22.4 Å². The van der Waals surface area contributed by atoms with Crippen molar-refractivity contribution in [2.45, 2.75) is 26.3 Å². The third-order valence-electron chi connectivity index (χ3n) is 2.67. The summed E-state index contributed by atoms with van der Waals surface area (Å²) >= 11 is 1.76. The minimum atomic E-state index is 0.469. The second-order valence-electron chi connectivity index (χ2n) is 3.85. The predicted molar refractivity (Wildman–Crippen MR) is 66.4 cm³/mol. The van der Waals surface area contributed by atoms with Gasteiger partial charge in [0.05, 0.1) is 0 Å². The van der Waals surface area contributed by atoms with Crippen LogP contribution >= 0.6 is 11.3 Å². The molecule has 0 radical (unpaired) electrons. The van der Waals surface area contributed by atoms with Gasteiger partial charge in [-0.15, -0.1) is 0 Å². The van der Waals surface area contributed by atoms with Crippen molar-refractivity contribution in [3.8, 4) is 0 Å². The Balaban J connectivity index is 2.57. The van der Waals surface area contributed by atoms with Crippen molar-refractivity contribution < 1.29 is 4.74 Å². The number of methoxy groups -OCH3 is 1. The van der Waals surface area contributed by atoms with Crippen molar-refractivity contribution in [2.24, 2.45) is 5.92 Å². The highest BCUT2D eigenvalue weighted by molar-refractivity contribution is 7.07. The smallest absolute Gasteiger partial charge is 0.0465 e. The summed E-state index contributed by atoms with van der Waals surface area (Å²) in [5.41, 5.74) is 1.41. The first-order chi connectivity index (χ1) is 7.29. The van der Waals surface area contributed by atoms with Gasteiger partial charge in [-0.05, 0) is 41.3 Å². The number of hydrogen-bond donors (Lipinski definition) is 1. The molecule has 2 atom stereocenters. The summed E-state index contributed by atoms with van der Waals surface area (Å²) in [6.45, 7) is 6.29. The Labute approximate surface area is 96.7 Å². The summed E-state index contributed by atoms with van der Waals surface area (Å²) in [4.78, 5) is 0. The first-order valence-electron chi connectivity index (χ1n) is 5.54. The second kappa shape index (κ2) is 6.99. The van der Waals surface area contributed by atoms with Gasteiger partial charge in [0.1, 0.15) is 0 Å². The van der Waals surface area contributed by atoms with Crippen LogP contribution in [0, 0.1) is 5.92 Å². The Morgan fingerprint density at radius 2 is 2.33 bits per heavy atom. The van der Waals surface area contributed by atoms with E-state index in [1.54, 1.807) is 18.4 Å². The average molecular weight is 227 g/mol. The van der Waals surface area contributed by atoms with E-state index in [2.05, 4.69) is 36.0 Å². The Morgan fingerprint density at radius 1 is 1.53 bits per heavy atom. The molecule has 0 bridgehead atoms. The Morgan fingerprint density at radius 3 is 2.87 bits per heavy atom. The number of nitrogens with one attached hydrogen (secondary N) is 1. The molecule has 15 heavy (non-hydrogen) atoms. The van der Waals surface area contributed by atoms with Crippen molar-refractivity contribution in [1.82, 2.24) is 5.32 Å². The first kappa shape index (κ1) is 12.7. The maximum atomic E-state index is 5.13. The van der Waals surface area contributed by atoms with Crippen LogP contribution in [0.1, 0.15) is 31.9 Å². The maximum Gasteiger partial charge on any atom is 0.0465 e. The van der Waals surface area contributed by atoms with Crippen LogP contribution in [-0.2, 0) is 4.74 Å². The van der Waals surface area contributed by atoms with Crippen LogP contribution in [0.25, 0.3) is 0 Å². The van der Waals surface area contributed by atoms with E-state index in [0.29, 0.717) is 12.0 Å². The van der Waals surface area contributed by atoms with Gasteiger partial charge in [-0.1, -0.05) is 13.8 Å². The summed E-state index contributed by atoms with van der Waals surface area (Å²) in [6, 6.07) is 2.68. The number of thiophene rings is 1. The number of rotatable bonds is 7. The third kappa shape index (κ3) is 3.93. The maximum absolute atomic E-state index is 5.13. The molecule has 3 heteroatoms. The van der Waals surface area contributed by atoms with Crippen LogP contribution in [0.5, 0.6) is 0 Å². The van der Waals surface area contributed by atoms with E-state index in [0.717, 1.165) is 19.6 Å². The molecule has 0 saturated carbocycles. The fourth-order valence-corrected chi connectivity index (χ4v) is 2.49. The largest absolute Gasteiger partial charge is 0.385 e. The number of hydrogen-bond acceptors (Lipinski definition) is 3. The topological polar surface area (TPSA) is 21.3 Å². The monoisotopic (exact) mass is 227 g/mol. The van der Waals surface area contributed by atoms with Crippen molar-refractivity contribution >= 4 is 11.3 Å². The summed E-state index contributed by atoms with van der Waals surface area (Å²) in [6.07, 6.45) is 1.10. The minimum Gasteiger partial charge on any atom is -0.385 e. The first-order valence-corrected chi connectivity index (χ1v) is 6.48. The molecular weight excluding hydrogens is 206 g/mol. The van der Waals surface area contributed by atoms with Gasteiger partial charge in [-0.3, -0.25) is 0 Å². The SMILES string of the molecule is CCNC(c1ccsc1)C(C)CCOC. The lowest BCUT2D eigenvalue weighted by Gasteiger charge is -2.24. The molecule has 1 N–H and O–H groups in total. The van der Waals surface area contributed by atoms with Crippen LogP contribution in [-0.4, -0.2) is 20.3 Å². The van der Waals surface area contributed by atoms with Crippen LogP contribution in [0.3, 0.4) is 0 Å². The molecule has 2 nitrogen and oxygen atoms in total. The molecule has 0 amide bonds. The van der Waals surface area contributed by atoms with Gasteiger partial charge in [0.2, 0.25) is 0 Å². The van der Waals surface area contributed by atoms with E-state index >= 15 is 0 Å². The summed E-state index contributed by atoms with van der Waals surface area (Å²) in [5.74, 6) is 0.611. The fourth-order valence-electron chi connectivity index (χ4n) is 1.79. The quantitative estimate of drug-likeness (QED) is 0.773. The summed E-state index contributed by atoms with van der Waals surface area (Å²) in [7, 11) is 1.76.